The lowest BCUT2D eigenvalue weighted by molar-refractivity contribution is -0.118. The fourth-order valence-corrected chi connectivity index (χ4v) is 2.58. The first kappa shape index (κ1) is 12.1. The van der Waals surface area contributed by atoms with Crippen LogP contribution in [0.2, 0.25) is 0 Å². The van der Waals surface area contributed by atoms with Crippen molar-refractivity contribution in [3.8, 4) is 0 Å². The van der Waals surface area contributed by atoms with Crippen LogP contribution < -0.4 is 11.1 Å². The van der Waals surface area contributed by atoms with E-state index >= 15 is 0 Å². The average Bonchev–Trinajstić information content (AvgIpc) is 2.81. The highest BCUT2D eigenvalue weighted by atomic mass is 79.9. The summed E-state index contributed by atoms with van der Waals surface area (Å²) in [5, 5.41) is 6.97. The summed E-state index contributed by atoms with van der Waals surface area (Å²) in [7, 11) is 0. The van der Waals surface area contributed by atoms with E-state index in [1.807, 2.05) is 41.1 Å². The van der Waals surface area contributed by atoms with Crippen molar-refractivity contribution in [2.45, 2.75) is 6.04 Å². The van der Waals surface area contributed by atoms with E-state index in [1.54, 1.807) is 11.3 Å². The number of carbonyl (C=O) groups is 1. The molecule has 2 aromatic rings. The van der Waals surface area contributed by atoms with Crippen LogP contribution in [0.5, 0.6) is 0 Å². The van der Waals surface area contributed by atoms with Gasteiger partial charge in [0.15, 0.2) is 0 Å². The number of carbonyl (C=O) groups excluding carboxylic acids is 1. The zero-order valence-electron chi connectivity index (χ0n) is 8.89. The van der Waals surface area contributed by atoms with E-state index in [0.717, 1.165) is 15.7 Å². The van der Waals surface area contributed by atoms with Crippen LogP contribution in [0.25, 0.3) is 0 Å². The van der Waals surface area contributed by atoms with Gasteiger partial charge in [0.1, 0.15) is 6.04 Å². The van der Waals surface area contributed by atoms with Crippen molar-refractivity contribution >= 4 is 38.9 Å². The largest absolute Gasteiger partial charge is 0.369 e. The topological polar surface area (TPSA) is 55.1 Å². The van der Waals surface area contributed by atoms with Gasteiger partial charge in [-0.15, -0.1) is 0 Å². The highest BCUT2D eigenvalue weighted by Gasteiger charge is 2.18. The molecule has 1 aromatic heterocycles. The number of amides is 1. The minimum atomic E-state index is -0.500. The van der Waals surface area contributed by atoms with Gasteiger partial charge in [0, 0.05) is 10.2 Å². The third-order valence-electron chi connectivity index (χ3n) is 2.33. The second-order valence-electron chi connectivity index (χ2n) is 3.52. The third kappa shape index (κ3) is 2.87. The molecule has 0 radical (unpaired) electrons. The summed E-state index contributed by atoms with van der Waals surface area (Å²) in [6.07, 6.45) is 0. The molecule has 0 spiro atoms. The Kier molecular flexibility index (Phi) is 3.81. The van der Waals surface area contributed by atoms with Gasteiger partial charge in [-0.05, 0) is 50.5 Å². The molecule has 88 valence electrons. The third-order valence-corrected chi connectivity index (χ3v) is 3.73. The summed E-state index contributed by atoms with van der Waals surface area (Å²) < 4.78 is 0.904. The Hall–Kier alpha value is -1.33. The van der Waals surface area contributed by atoms with Crippen LogP contribution in [0.15, 0.2) is 45.6 Å². The quantitative estimate of drug-likeness (QED) is 0.911. The monoisotopic (exact) mass is 310 g/mol. The van der Waals surface area contributed by atoms with Gasteiger partial charge in [-0.25, -0.2) is 0 Å². The molecule has 1 aromatic carbocycles. The number of nitrogens with one attached hydrogen (secondary N) is 1. The molecule has 1 atom stereocenters. The molecule has 2 rings (SSSR count). The molecule has 17 heavy (non-hydrogen) atoms. The van der Waals surface area contributed by atoms with Gasteiger partial charge < -0.3 is 11.1 Å². The number of hydrogen-bond acceptors (Lipinski definition) is 3. The van der Waals surface area contributed by atoms with E-state index in [2.05, 4.69) is 21.2 Å². The summed E-state index contributed by atoms with van der Waals surface area (Å²) >= 11 is 4.97. The highest BCUT2D eigenvalue weighted by molar-refractivity contribution is 9.10. The molecule has 0 aliphatic heterocycles. The van der Waals surface area contributed by atoms with Crippen LogP contribution in [-0.4, -0.2) is 5.91 Å². The molecule has 0 aliphatic carbocycles. The van der Waals surface area contributed by atoms with Crippen LogP contribution in [0.3, 0.4) is 0 Å². The number of hydrogen-bond donors (Lipinski definition) is 2. The van der Waals surface area contributed by atoms with Gasteiger partial charge in [0.2, 0.25) is 5.91 Å². The molecule has 0 aliphatic rings. The first-order chi connectivity index (χ1) is 8.18. The minimum Gasteiger partial charge on any atom is -0.369 e. The molecule has 0 saturated carbocycles. The number of rotatable bonds is 4. The van der Waals surface area contributed by atoms with Crippen LogP contribution in [0.4, 0.5) is 5.69 Å². The summed E-state index contributed by atoms with van der Waals surface area (Å²) in [5.74, 6) is -0.390. The van der Waals surface area contributed by atoms with Crippen molar-refractivity contribution in [1.29, 1.82) is 0 Å². The Balaban J connectivity index is 2.26. The van der Waals surface area contributed by atoms with Gasteiger partial charge in [-0.1, -0.05) is 12.1 Å². The molecule has 1 amide bonds. The lowest BCUT2D eigenvalue weighted by atomic mass is 10.1. The predicted octanol–water partition coefficient (Wildman–Crippen LogP) is 3.15. The summed E-state index contributed by atoms with van der Waals surface area (Å²) in [4.78, 5) is 11.5. The SMILES string of the molecule is NC(=O)C(Nc1ccccc1Br)c1ccsc1. The van der Waals surface area contributed by atoms with E-state index in [4.69, 9.17) is 5.73 Å². The molecular formula is C12H11BrN2OS. The van der Waals surface area contributed by atoms with Crippen LogP contribution >= 0.6 is 27.3 Å². The molecule has 3 N–H and O–H groups in total. The first-order valence-corrected chi connectivity index (χ1v) is 6.74. The second-order valence-corrected chi connectivity index (χ2v) is 5.15. The number of nitrogens with two attached hydrogens (primary N) is 1. The predicted molar refractivity (Wildman–Crippen MR) is 74.0 cm³/mol. The Morgan fingerprint density at radius 3 is 2.71 bits per heavy atom. The average molecular weight is 311 g/mol. The molecule has 0 saturated heterocycles. The van der Waals surface area contributed by atoms with Crippen LogP contribution in [-0.2, 0) is 4.79 Å². The van der Waals surface area contributed by atoms with E-state index in [1.165, 1.54) is 0 Å². The standard InChI is InChI=1S/C12H11BrN2OS/c13-9-3-1-2-4-10(9)15-11(12(14)16)8-5-6-17-7-8/h1-7,11,15H,(H2,14,16). The van der Waals surface area contributed by atoms with Crippen molar-refractivity contribution in [3.63, 3.8) is 0 Å². The van der Waals surface area contributed by atoms with Crippen LogP contribution in [0.1, 0.15) is 11.6 Å². The lowest BCUT2D eigenvalue weighted by Gasteiger charge is -2.16. The number of para-hydroxylation sites is 1. The van der Waals surface area contributed by atoms with Gasteiger partial charge >= 0.3 is 0 Å². The number of anilines is 1. The van der Waals surface area contributed by atoms with Crippen molar-refractivity contribution in [2.24, 2.45) is 5.73 Å². The fraction of sp³-hybridized carbons (Fsp3) is 0.0833. The Morgan fingerprint density at radius 1 is 1.35 bits per heavy atom. The normalized spacial score (nSPS) is 12.1. The van der Waals surface area contributed by atoms with Gasteiger partial charge in [0.25, 0.3) is 0 Å². The molecule has 0 bridgehead atoms. The number of thiophene rings is 1. The maximum Gasteiger partial charge on any atom is 0.244 e. The van der Waals surface area contributed by atoms with Gasteiger partial charge in [-0.3, -0.25) is 4.79 Å². The van der Waals surface area contributed by atoms with E-state index in [9.17, 15) is 4.79 Å². The smallest absolute Gasteiger partial charge is 0.244 e. The Morgan fingerprint density at radius 2 is 2.12 bits per heavy atom. The van der Waals surface area contributed by atoms with Crippen LogP contribution in [0, 0.1) is 0 Å². The van der Waals surface area contributed by atoms with E-state index in [0.29, 0.717) is 0 Å². The molecule has 5 heteroatoms. The molecule has 1 heterocycles. The zero-order chi connectivity index (χ0) is 12.3. The lowest BCUT2D eigenvalue weighted by Crippen LogP contribution is -2.27. The number of halogens is 1. The van der Waals surface area contributed by atoms with E-state index in [-0.39, 0.29) is 5.91 Å². The fourth-order valence-electron chi connectivity index (χ4n) is 1.49. The van der Waals surface area contributed by atoms with Crippen molar-refractivity contribution in [2.75, 3.05) is 5.32 Å². The van der Waals surface area contributed by atoms with Crippen molar-refractivity contribution in [3.05, 3.63) is 51.1 Å². The van der Waals surface area contributed by atoms with Gasteiger partial charge in [0.05, 0.1) is 0 Å². The number of benzene rings is 1. The van der Waals surface area contributed by atoms with Crippen molar-refractivity contribution < 1.29 is 4.79 Å². The van der Waals surface area contributed by atoms with Gasteiger partial charge in [-0.2, -0.15) is 11.3 Å². The summed E-state index contributed by atoms with van der Waals surface area (Å²) in [6.45, 7) is 0. The second kappa shape index (κ2) is 5.33. The Bertz CT molecular complexity index is 513. The highest BCUT2D eigenvalue weighted by Crippen LogP contribution is 2.27. The van der Waals surface area contributed by atoms with Crippen molar-refractivity contribution in [1.82, 2.24) is 0 Å². The molecule has 1 unspecified atom stereocenters. The molecule has 3 nitrogen and oxygen atoms in total. The maximum atomic E-state index is 11.5. The Labute approximate surface area is 112 Å². The molecule has 0 fully saturated rings. The van der Waals surface area contributed by atoms with E-state index < -0.39 is 6.04 Å². The minimum absolute atomic E-state index is 0.390. The molecular weight excluding hydrogens is 300 g/mol. The first-order valence-electron chi connectivity index (χ1n) is 5.01. The maximum absolute atomic E-state index is 11.5. The number of primary amides is 1. The summed E-state index contributed by atoms with van der Waals surface area (Å²) in [5.41, 5.74) is 7.15. The zero-order valence-corrected chi connectivity index (χ0v) is 11.3. The summed E-state index contributed by atoms with van der Waals surface area (Å²) in [6, 6.07) is 9.02.